The van der Waals surface area contributed by atoms with E-state index in [1.165, 1.54) is 5.39 Å². The Morgan fingerprint density at radius 1 is 1.31 bits per heavy atom. The number of anilines is 1. The van der Waals surface area contributed by atoms with E-state index in [0.29, 0.717) is 0 Å². The normalized spacial score (nSPS) is 11.0. The fourth-order valence-electron chi connectivity index (χ4n) is 1.88. The van der Waals surface area contributed by atoms with E-state index in [9.17, 15) is 0 Å². The average Bonchev–Trinajstić information content (AvgIpc) is 2.90. The maximum absolute atomic E-state index is 5.79. The summed E-state index contributed by atoms with van der Waals surface area (Å²) in [6.45, 7) is 0.736. The molecule has 0 unspecified atom stereocenters. The Labute approximate surface area is 92.7 Å². The van der Waals surface area contributed by atoms with Crippen molar-refractivity contribution >= 4 is 16.6 Å². The highest BCUT2D eigenvalue weighted by Gasteiger charge is 2.03. The molecule has 0 aliphatic heterocycles. The maximum Gasteiger partial charge on any atom is 0.126 e. The fourth-order valence-corrected chi connectivity index (χ4v) is 1.88. The number of fused-ring (bicyclic) bond motifs is 1. The molecule has 1 aromatic carbocycles. The smallest absolute Gasteiger partial charge is 0.126 e. The molecular weight excluding hydrogens is 200 g/mol. The molecule has 0 saturated carbocycles. The van der Waals surface area contributed by atoms with E-state index in [0.717, 1.165) is 23.6 Å². The van der Waals surface area contributed by atoms with Gasteiger partial charge in [0.05, 0.1) is 12.1 Å². The highest BCUT2D eigenvalue weighted by molar-refractivity contribution is 5.83. The summed E-state index contributed by atoms with van der Waals surface area (Å²) in [4.78, 5) is 7.30. The van der Waals surface area contributed by atoms with E-state index in [2.05, 4.69) is 20.6 Å². The molecule has 0 bridgehead atoms. The van der Waals surface area contributed by atoms with Crippen molar-refractivity contribution in [1.82, 2.24) is 14.5 Å². The zero-order valence-corrected chi connectivity index (χ0v) is 8.72. The number of imidazole rings is 1. The van der Waals surface area contributed by atoms with Gasteiger partial charge in [0, 0.05) is 24.3 Å². The van der Waals surface area contributed by atoms with E-state index in [4.69, 9.17) is 5.73 Å². The van der Waals surface area contributed by atoms with E-state index in [1.807, 2.05) is 30.6 Å². The standard InChI is InChI=1S/C12H12N4/c13-10-2-1-9-3-6-16(11(9)7-10)8-12-14-4-5-15-12/h1-7H,8,13H2,(H,14,15). The minimum atomic E-state index is 0.736. The predicted octanol–water partition coefficient (Wildman–Crippen LogP) is 1.99. The number of H-pyrrole nitrogens is 1. The predicted molar refractivity (Wildman–Crippen MR) is 64.0 cm³/mol. The van der Waals surface area contributed by atoms with Gasteiger partial charge in [0.25, 0.3) is 0 Å². The molecule has 2 heterocycles. The molecule has 0 fully saturated rings. The summed E-state index contributed by atoms with van der Waals surface area (Å²) < 4.78 is 2.13. The van der Waals surface area contributed by atoms with Crippen molar-refractivity contribution in [2.24, 2.45) is 0 Å². The SMILES string of the molecule is Nc1ccc2ccn(Cc3ncc[nH]3)c2c1. The van der Waals surface area contributed by atoms with Crippen LogP contribution in [0.3, 0.4) is 0 Å². The van der Waals surface area contributed by atoms with Crippen molar-refractivity contribution < 1.29 is 0 Å². The molecule has 16 heavy (non-hydrogen) atoms. The van der Waals surface area contributed by atoms with Gasteiger partial charge in [-0.05, 0) is 23.6 Å². The fraction of sp³-hybridized carbons (Fsp3) is 0.0833. The number of benzene rings is 1. The molecule has 3 N–H and O–H groups in total. The maximum atomic E-state index is 5.79. The Kier molecular flexibility index (Phi) is 1.93. The summed E-state index contributed by atoms with van der Waals surface area (Å²) >= 11 is 0. The number of aromatic amines is 1. The van der Waals surface area contributed by atoms with Crippen molar-refractivity contribution in [3.8, 4) is 0 Å². The first-order valence-electron chi connectivity index (χ1n) is 5.15. The van der Waals surface area contributed by atoms with Gasteiger partial charge in [-0.15, -0.1) is 0 Å². The van der Waals surface area contributed by atoms with E-state index in [1.54, 1.807) is 6.20 Å². The molecule has 0 spiro atoms. The number of nitrogens with two attached hydrogens (primary N) is 1. The summed E-state index contributed by atoms with van der Waals surface area (Å²) in [6.07, 6.45) is 5.64. The van der Waals surface area contributed by atoms with Crippen LogP contribution in [0.1, 0.15) is 5.82 Å². The second-order valence-corrected chi connectivity index (χ2v) is 3.80. The molecule has 4 heteroatoms. The van der Waals surface area contributed by atoms with Gasteiger partial charge in [0.1, 0.15) is 5.82 Å². The third-order valence-corrected chi connectivity index (χ3v) is 2.67. The molecule has 80 valence electrons. The molecule has 0 saturated heterocycles. The number of nitrogen functional groups attached to an aromatic ring is 1. The number of nitrogens with zero attached hydrogens (tertiary/aromatic N) is 2. The van der Waals surface area contributed by atoms with Crippen molar-refractivity contribution in [3.05, 3.63) is 48.7 Å². The van der Waals surface area contributed by atoms with Crippen molar-refractivity contribution in [2.45, 2.75) is 6.54 Å². The second kappa shape index (κ2) is 3.41. The monoisotopic (exact) mass is 212 g/mol. The molecular formula is C12H12N4. The number of nitrogens with one attached hydrogen (secondary N) is 1. The van der Waals surface area contributed by atoms with Crippen LogP contribution in [0.5, 0.6) is 0 Å². The van der Waals surface area contributed by atoms with Crippen LogP contribution >= 0.6 is 0 Å². The van der Waals surface area contributed by atoms with Gasteiger partial charge < -0.3 is 15.3 Å². The quantitative estimate of drug-likeness (QED) is 0.638. The Hall–Kier alpha value is -2.23. The van der Waals surface area contributed by atoms with Crippen LogP contribution in [0.15, 0.2) is 42.9 Å². The van der Waals surface area contributed by atoms with Crippen LogP contribution in [-0.4, -0.2) is 14.5 Å². The topological polar surface area (TPSA) is 59.6 Å². The molecule has 2 aromatic heterocycles. The van der Waals surface area contributed by atoms with Crippen LogP contribution in [0.2, 0.25) is 0 Å². The first-order chi connectivity index (χ1) is 7.83. The molecule has 0 amide bonds. The third-order valence-electron chi connectivity index (χ3n) is 2.67. The molecule has 3 aromatic rings. The van der Waals surface area contributed by atoms with Gasteiger partial charge in [-0.2, -0.15) is 0 Å². The number of hydrogen-bond donors (Lipinski definition) is 2. The zero-order valence-electron chi connectivity index (χ0n) is 8.72. The van der Waals surface area contributed by atoms with Crippen LogP contribution in [0, 0.1) is 0 Å². The van der Waals surface area contributed by atoms with Crippen molar-refractivity contribution in [1.29, 1.82) is 0 Å². The largest absolute Gasteiger partial charge is 0.399 e. The van der Waals surface area contributed by atoms with Crippen LogP contribution in [0.25, 0.3) is 10.9 Å². The highest BCUT2D eigenvalue weighted by Crippen LogP contribution is 2.19. The van der Waals surface area contributed by atoms with Crippen LogP contribution in [0.4, 0.5) is 5.69 Å². The minimum absolute atomic E-state index is 0.736. The Morgan fingerprint density at radius 3 is 3.06 bits per heavy atom. The lowest BCUT2D eigenvalue weighted by Crippen LogP contribution is -1.99. The van der Waals surface area contributed by atoms with E-state index >= 15 is 0 Å². The van der Waals surface area contributed by atoms with Gasteiger partial charge in [-0.1, -0.05) is 6.07 Å². The zero-order chi connectivity index (χ0) is 11.0. The van der Waals surface area contributed by atoms with Gasteiger partial charge >= 0.3 is 0 Å². The molecule has 4 nitrogen and oxygen atoms in total. The van der Waals surface area contributed by atoms with Crippen LogP contribution < -0.4 is 5.73 Å². The lowest BCUT2D eigenvalue weighted by Gasteiger charge is -2.03. The Morgan fingerprint density at radius 2 is 2.25 bits per heavy atom. The van der Waals surface area contributed by atoms with Crippen molar-refractivity contribution in [3.63, 3.8) is 0 Å². The summed E-state index contributed by atoms with van der Waals surface area (Å²) in [5, 5.41) is 1.20. The Balaban J connectivity index is 2.07. The molecule has 0 atom stereocenters. The number of aromatic nitrogens is 3. The molecule has 0 aliphatic carbocycles. The summed E-state index contributed by atoms with van der Waals surface area (Å²) in [5.74, 6) is 0.944. The molecule has 3 rings (SSSR count). The van der Waals surface area contributed by atoms with Gasteiger partial charge in [-0.25, -0.2) is 4.98 Å². The lowest BCUT2D eigenvalue weighted by molar-refractivity contribution is 0.787. The average molecular weight is 212 g/mol. The molecule has 0 aliphatic rings. The first-order valence-corrected chi connectivity index (χ1v) is 5.15. The van der Waals surface area contributed by atoms with Crippen LogP contribution in [-0.2, 0) is 6.54 Å². The van der Waals surface area contributed by atoms with Gasteiger partial charge in [0.15, 0.2) is 0 Å². The lowest BCUT2D eigenvalue weighted by atomic mass is 10.2. The second-order valence-electron chi connectivity index (χ2n) is 3.80. The first kappa shape index (κ1) is 9.03. The van der Waals surface area contributed by atoms with E-state index < -0.39 is 0 Å². The Bertz CT molecular complexity index is 607. The summed E-state index contributed by atoms with van der Waals surface area (Å²) in [5.41, 5.74) is 7.71. The van der Waals surface area contributed by atoms with Gasteiger partial charge in [0.2, 0.25) is 0 Å². The minimum Gasteiger partial charge on any atom is -0.399 e. The van der Waals surface area contributed by atoms with Gasteiger partial charge in [-0.3, -0.25) is 0 Å². The van der Waals surface area contributed by atoms with Crippen molar-refractivity contribution in [2.75, 3.05) is 5.73 Å². The third kappa shape index (κ3) is 1.44. The summed E-state index contributed by atoms with van der Waals surface area (Å²) in [6, 6.07) is 8.01. The summed E-state index contributed by atoms with van der Waals surface area (Å²) in [7, 11) is 0. The van der Waals surface area contributed by atoms with E-state index in [-0.39, 0.29) is 0 Å². The number of rotatable bonds is 2. The number of hydrogen-bond acceptors (Lipinski definition) is 2. The molecule has 0 radical (unpaired) electrons. The highest BCUT2D eigenvalue weighted by atomic mass is 15.0.